The van der Waals surface area contributed by atoms with Gasteiger partial charge in [-0.3, -0.25) is 9.59 Å². The predicted molar refractivity (Wildman–Crippen MR) is 112 cm³/mol. The lowest BCUT2D eigenvalue weighted by Crippen LogP contribution is -2.50. The van der Waals surface area contributed by atoms with Crippen molar-refractivity contribution in [1.82, 2.24) is 5.32 Å². The lowest BCUT2D eigenvalue weighted by Gasteiger charge is -2.32. The van der Waals surface area contributed by atoms with Crippen molar-refractivity contribution in [3.05, 3.63) is 39.4 Å². The molecule has 1 amide bonds. The van der Waals surface area contributed by atoms with Gasteiger partial charge in [-0.15, -0.1) is 10.1 Å². The van der Waals surface area contributed by atoms with Gasteiger partial charge in [-0.05, 0) is 30.9 Å². The molecule has 0 aliphatic heterocycles. The number of aryl methyl sites for hydroxylation is 1. The molecule has 2 N–H and O–H groups in total. The van der Waals surface area contributed by atoms with E-state index in [4.69, 9.17) is 4.74 Å². The number of ketones is 1. The van der Waals surface area contributed by atoms with E-state index in [1.807, 2.05) is 26.2 Å². The Hall–Kier alpha value is -2.72. The molecule has 10 nitrogen and oxygen atoms in total. The first-order valence-electron chi connectivity index (χ1n) is 10.5. The molecule has 1 aromatic carbocycles. The number of carbonyl (C=O) groups excluding carboxylic acids is 2. The van der Waals surface area contributed by atoms with Crippen LogP contribution in [-0.4, -0.2) is 79.4 Å². The number of quaternary nitrogens is 1. The summed E-state index contributed by atoms with van der Waals surface area (Å²) in [7, 11) is 3.90. The summed E-state index contributed by atoms with van der Waals surface area (Å²) in [5, 5.41) is 22.4. The van der Waals surface area contributed by atoms with Gasteiger partial charge in [0.25, 0.3) is 5.09 Å². The van der Waals surface area contributed by atoms with Gasteiger partial charge >= 0.3 is 0 Å². The van der Waals surface area contributed by atoms with Gasteiger partial charge in [0.1, 0.15) is 25.0 Å². The zero-order valence-electron chi connectivity index (χ0n) is 18.2. The highest BCUT2D eigenvalue weighted by atomic mass is 16.9. The Morgan fingerprint density at radius 3 is 2.84 bits per heavy atom. The minimum absolute atomic E-state index is 0.00981. The first kappa shape index (κ1) is 24.5. The average Bonchev–Trinajstić information content (AvgIpc) is 3.07. The van der Waals surface area contributed by atoms with Crippen LogP contribution < -0.4 is 10.1 Å². The summed E-state index contributed by atoms with van der Waals surface area (Å²) in [5.41, 5.74) is 1.63. The van der Waals surface area contributed by atoms with Crippen LogP contribution in [0.15, 0.2) is 18.2 Å². The number of rotatable bonds is 14. The Labute approximate surface area is 181 Å². The lowest BCUT2D eigenvalue weighted by atomic mass is 10.1. The van der Waals surface area contributed by atoms with E-state index in [2.05, 4.69) is 10.2 Å². The van der Waals surface area contributed by atoms with Crippen molar-refractivity contribution in [3.8, 4) is 5.75 Å². The van der Waals surface area contributed by atoms with Gasteiger partial charge in [0, 0.05) is 12.8 Å². The largest absolute Gasteiger partial charge is 0.490 e. The number of fused-ring (bicyclic) bond motifs is 1. The molecule has 0 heterocycles. The second kappa shape index (κ2) is 11.6. The van der Waals surface area contributed by atoms with Gasteiger partial charge in [0.15, 0.2) is 5.78 Å². The highest BCUT2D eigenvalue weighted by molar-refractivity contribution is 6.02. The van der Waals surface area contributed by atoms with Crippen LogP contribution in [0.1, 0.15) is 41.6 Å². The van der Waals surface area contributed by atoms with Gasteiger partial charge in [0.05, 0.1) is 39.4 Å². The number of Topliss-reactive ketones (excluding diaryl/α,β-unsaturated/α-hetero) is 1. The highest BCUT2D eigenvalue weighted by Gasteiger charge is 2.25. The van der Waals surface area contributed by atoms with Gasteiger partial charge in [-0.2, -0.15) is 0 Å². The second-order valence-corrected chi connectivity index (χ2v) is 8.38. The number of hydrogen-bond acceptors (Lipinski definition) is 7. The highest BCUT2D eigenvalue weighted by Crippen LogP contribution is 2.30. The maximum atomic E-state index is 12.0. The number of hydrogen-bond donors (Lipinski definition) is 2. The Morgan fingerprint density at radius 2 is 2.10 bits per heavy atom. The van der Waals surface area contributed by atoms with E-state index in [1.54, 1.807) is 6.07 Å². The maximum absolute atomic E-state index is 12.0. The first-order chi connectivity index (χ1) is 14.7. The standard InChI is InChI=1S/C21H31N3O7/c1-24(2,12-11-22-20(27)8-3-4-13-31-23(28)29)14-17(25)15-30-19-7-5-6-16-9-10-18(26)21(16)19/h5-7,17,25H,3-4,8-15H2,1-2H3/p+1. The molecular formula is C21H32N3O7+. The number of benzene rings is 1. The van der Waals surface area contributed by atoms with Gasteiger partial charge in [-0.25, -0.2) is 0 Å². The predicted octanol–water partition coefficient (Wildman–Crippen LogP) is 1.13. The lowest BCUT2D eigenvalue weighted by molar-refractivity contribution is -0.892. The van der Waals surface area contributed by atoms with Crippen molar-refractivity contribution in [2.45, 2.75) is 38.2 Å². The molecule has 0 fully saturated rings. The number of nitrogens with one attached hydrogen (secondary N) is 1. The SMILES string of the molecule is C[N+](C)(CCNC(=O)CCCCO[N+](=O)[O-])CC(O)COc1cccc2c1C(=O)CC2. The molecule has 0 saturated heterocycles. The quantitative estimate of drug-likeness (QED) is 0.193. The molecule has 1 aliphatic carbocycles. The molecule has 1 aliphatic rings. The minimum atomic E-state index is -0.842. The van der Waals surface area contributed by atoms with Crippen molar-refractivity contribution >= 4 is 11.7 Å². The molecule has 31 heavy (non-hydrogen) atoms. The van der Waals surface area contributed by atoms with Crippen molar-refractivity contribution in [2.75, 3.05) is 46.9 Å². The summed E-state index contributed by atoms with van der Waals surface area (Å²) < 4.78 is 6.23. The molecule has 1 atom stereocenters. The van der Waals surface area contributed by atoms with Crippen LogP contribution in [0, 0.1) is 10.1 Å². The Kier molecular flexibility index (Phi) is 9.20. The molecule has 172 valence electrons. The third kappa shape index (κ3) is 8.50. The number of likely N-dealkylation sites (N-methyl/N-ethyl adjacent to an activating group) is 1. The molecular weight excluding hydrogens is 406 g/mol. The fraction of sp³-hybridized carbons (Fsp3) is 0.619. The number of amides is 1. The summed E-state index contributed by atoms with van der Waals surface area (Å²) in [4.78, 5) is 38.1. The Morgan fingerprint density at radius 1 is 1.32 bits per heavy atom. The smallest absolute Gasteiger partial charge is 0.294 e. The fourth-order valence-electron chi connectivity index (χ4n) is 3.61. The second-order valence-electron chi connectivity index (χ2n) is 8.38. The topological polar surface area (TPSA) is 128 Å². The van der Waals surface area contributed by atoms with E-state index in [-0.39, 0.29) is 31.3 Å². The summed E-state index contributed by atoms with van der Waals surface area (Å²) in [5.74, 6) is 0.491. The van der Waals surface area contributed by atoms with Crippen molar-refractivity contribution in [1.29, 1.82) is 0 Å². The molecule has 0 aromatic heterocycles. The van der Waals surface area contributed by atoms with Crippen molar-refractivity contribution < 1.29 is 33.8 Å². The van der Waals surface area contributed by atoms with Gasteiger partial charge in [-0.1, -0.05) is 12.1 Å². The number of aliphatic hydroxyl groups excluding tert-OH is 1. The molecule has 2 rings (SSSR count). The zero-order valence-corrected chi connectivity index (χ0v) is 18.2. The van der Waals surface area contributed by atoms with Crippen LogP contribution in [0.4, 0.5) is 0 Å². The van der Waals surface area contributed by atoms with Gasteiger partial charge in [0.2, 0.25) is 5.91 Å². The van der Waals surface area contributed by atoms with Crippen LogP contribution in [-0.2, 0) is 16.1 Å². The Bertz CT molecular complexity index is 782. The molecule has 1 unspecified atom stereocenters. The third-order valence-corrected chi connectivity index (χ3v) is 5.18. The van der Waals surface area contributed by atoms with E-state index >= 15 is 0 Å². The molecule has 0 bridgehead atoms. The third-order valence-electron chi connectivity index (χ3n) is 5.18. The average molecular weight is 439 g/mol. The van der Waals surface area contributed by atoms with E-state index < -0.39 is 11.2 Å². The minimum Gasteiger partial charge on any atom is -0.490 e. The van der Waals surface area contributed by atoms with Crippen LogP contribution in [0.2, 0.25) is 0 Å². The Balaban J connectivity index is 1.65. The van der Waals surface area contributed by atoms with Crippen LogP contribution in [0.3, 0.4) is 0 Å². The van der Waals surface area contributed by atoms with Crippen LogP contribution in [0.5, 0.6) is 5.75 Å². The summed E-state index contributed by atoms with van der Waals surface area (Å²) >= 11 is 0. The van der Waals surface area contributed by atoms with Gasteiger partial charge < -0.3 is 24.5 Å². The number of carbonyl (C=O) groups is 2. The fourth-order valence-corrected chi connectivity index (χ4v) is 3.61. The summed E-state index contributed by atoms with van der Waals surface area (Å²) in [6.07, 6.45) is 1.75. The van der Waals surface area contributed by atoms with Crippen LogP contribution >= 0.6 is 0 Å². The number of nitrogens with zero attached hydrogens (tertiary/aromatic N) is 2. The molecule has 1 aromatic rings. The number of unbranched alkanes of at least 4 members (excludes halogenated alkanes) is 1. The number of aliphatic hydroxyl groups is 1. The van der Waals surface area contributed by atoms with E-state index in [9.17, 15) is 24.8 Å². The maximum Gasteiger partial charge on any atom is 0.294 e. The zero-order chi connectivity index (χ0) is 22.9. The molecule has 0 spiro atoms. The van der Waals surface area contributed by atoms with E-state index in [1.165, 1.54) is 0 Å². The summed E-state index contributed by atoms with van der Waals surface area (Å²) in [6.45, 7) is 1.57. The molecule has 0 saturated carbocycles. The van der Waals surface area contributed by atoms with Crippen LogP contribution in [0.25, 0.3) is 0 Å². The normalized spacial score (nSPS) is 14.1. The summed E-state index contributed by atoms with van der Waals surface area (Å²) in [6, 6.07) is 5.54. The van der Waals surface area contributed by atoms with Crippen molar-refractivity contribution in [3.63, 3.8) is 0 Å². The molecule has 10 heteroatoms. The number of ether oxygens (including phenoxy) is 1. The molecule has 0 radical (unpaired) electrons. The first-order valence-corrected chi connectivity index (χ1v) is 10.5. The van der Waals surface area contributed by atoms with Crippen molar-refractivity contribution in [2.24, 2.45) is 0 Å². The monoisotopic (exact) mass is 438 g/mol. The van der Waals surface area contributed by atoms with E-state index in [0.717, 1.165) is 12.0 Å². The van der Waals surface area contributed by atoms with E-state index in [0.29, 0.717) is 54.7 Å².